The number of piperidine rings is 1. The highest BCUT2D eigenvalue weighted by Crippen LogP contribution is 2.15. The van der Waals surface area contributed by atoms with Crippen LogP contribution >= 0.6 is 0 Å². The van der Waals surface area contributed by atoms with Gasteiger partial charge in [-0.2, -0.15) is 0 Å². The van der Waals surface area contributed by atoms with E-state index in [0.717, 1.165) is 30.0 Å². The van der Waals surface area contributed by atoms with Crippen LogP contribution in [0.1, 0.15) is 30.5 Å². The molecule has 27 heavy (non-hydrogen) atoms. The molecular formula is C21H27N3O3. The number of aryl methyl sites for hydroxylation is 1. The number of rotatable bonds is 6. The number of methoxy groups -OCH3 is 1. The van der Waals surface area contributed by atoms with Gasteiger partial charge < -0.3 is 14.6 Å². The van der Waals surface area contributed by atoms with Gasteiger partial charge in [0, 0.05) is 24.0 Å². The van der Waals surface area contributed by atoms with Gasteiger partial charge in [-0.25, -0.2) is 0 Å². The van der Waals surface area contributed by atoms with E-state index in [1.807, 2.05) is 35.8 Å². The quantitative estimate of drug-likeness (QED) is 0.850. The van der Waals surface area contributed by atoms with Crippen molar-refractivity contribution in [3.05, 3.63) is 58.0 Å². The average Bonchev–Trinajstić information content (AvgIpc) is 2.64. The molecule has 0 bridgehead atoms. The largest absolute Gasteiger partial charge is 0.491 e. The van der Waals surface area contributed by atoms with Gasteiger partial charge in [-0.3, -0.25) is 14.5 Å². The molecule has 0 unspecified atom stereocenters. The van der Waals surface area contributed by atoms with Gasteiger partial charge in [0.05, 0.1) is 13.3 Å². The standard InChI is InChI=1S/C21H27N3O3/c1-16-7-6-8-17(11-16)22-21(26)15-24-14-20(27-2)19(25)12-18(24)13-23-9-4-3-5-10-23/h6-8,11-12,14H,3-5,9-10,13,15H2,1-2H3,(H,22,26). The first-order valence-corrected chi connectivity index (χ1v) is 9.41. The molecule has 3 rings (SSSR count). The number of carbonyl (C=O) groups is 1. The first-order valence-electron chi connectivity index (χ1n) is 9.41. The van der Waals surface area contributed by atoms with E-state index in [-0.39, 0.29) is 23.6 Å². The van der Waals surface area contributed by atoms with Crippen LogP contribution in [0.3, 0.4) is 0 Å². The van der Waals surface area contributed by atoms with E-state index in [1.54, 1.807) is 12.3 Å². The number of hydrogen-bond donors (Lipinski definition) is 1. The topological polar surface area (TPSA) is 63.6 Å². The molecule has 1 aliphatic rings. The predicted molar refractivity (Wildman–Crippen MR) is 106 cm³/mol. The highest BCUT2D eigenvalue weighted by molar-refractivity contribution is 5.90. The number of ether oxygens (including phenoxy) is 1. The molecule has 2 aromatic rings. The van der Waals surface area contributed by atoms with E-state index in [1.165, 1.54) is 26.4 Å². The summed E-state index contributed by atoms with van der Waals surface area (Å²) < 4.78 is 6.99. The molecule has 1 saturated heterocycles. The summed E-state index contributed by atoms with van der Waals surface area (Å²) in [5, 5.41) is 2.92. The fourth-order valence-corrected chi connectivity index (χ4v) is 3.46. The second kappa shape index (κ2) is 8.86. The number of benzene rings is 1. The third-order valence-electron chi connectivity index (χ3n) is 4.85. The van der Waals surface area contributed by atoms with Crippen molar-refractivity contribution in [2.75, 3.05) is 25.5 Å². The third-order valence-corrected chi connectivity index (χ3v) is 4.85. The summed E-state index contributed by atoms with van der Waals surface area (Å²) in [5.41, 5.74) is 2.54. The molecule has 0 atom stereocenters. The summed E-state index contributed by atoms with van der Waals surface area (Å²) in [6, 6.07) is 9.28. The zero-order valence-electron chi connectivity index (χ0n) is 16.0. The van der Waals surface area contributed by atoms with Crippen LogP contribution in [0.15, 0.2) is 41.3 Å². The van der Waals surface area contributed by atoms with Crippen molar-refractivity contribution < 1.29 is 9.53 Å². The maximum absolute atomic E-state index is 12.6. The maximum Gasteiger partial charge on any atom is 0.244 e. The van der Waals surface area contributed by atoms with Gasteiger partial charge in [0.1, 0.15) is 6.54 Å². The number of nitrogens with one attached hydrogen (secondary N) is 1. The highest BCUT2D eigenvalue weighted by Gasteiger charge is 2.16. The summed E-state index contributed by atoms with van der Waals surface area (Å²) in [4.78, 5) is 27.1. The Labute approximate surface area is 159 Å². The predicted octanol–water partition coefficient (Wildman–Crippen LogP) is 2.79. The van der Waals surface area contributed by atoms with Crippen molar-refractivity contribution >= 4 is 11.6 Å². The molecule has 2 heterocycles. The zero-order valence-corrected chi connectivity index (χ0v) is 16.0. The summed E-state index contributed by atoms with van der Waals surface area (Å²) in [7, 11) is 1.47. The number of nitrogens with zero attached hydrogens (tertiary/aromatic N) is 2. The lowest BCUT2D eigenvalue weighted by Gasteiger charge is -2.27. The number of likely N-dealkylation sites (tertiary alicyclic amines) is 1. The number of carbonyl (C=O) groups excluding carboxylic acids is 1. The van der Waals surface area contributed by atoms with Crippen LogP contribution in [0, 0.1) is 6.92 Å². The molecule has 1 amide bonds. The van der Waals surface area contributed by atoms with Gasteiger partial charge in [-0.15, -0.1) is 0 Å². The fourth-order valence-electron chi connectivity index (χ4n) is 3.46. The van der Waals surface area contributed by atoms with Crippen LogP contribution < -0.4 is 15.5 Å². The van der Waals surface area contributed by atoms with E-state index in [4.69, 9.17) is 4.74 Å². The van der Waals surface area contributed by atoms with Crippen LogP contribution in [0.4, 0.5) is 5.69 Å². The Bertz CT molecular complexity index is 854. The zero-order chi connectivity index (χ0) is 19.2. The summed E-state index contributed by atoms with van der Waals surface area (Å²) >= 11 is 0. The minimum Gasteiger partial charge on any atom is -0.491 e. The minimum absolute atomic E-state index is 0.133. The van der Waals surface area contributed by atoms with E-state index in [9.17, 15) is 9.59 Å². The number of pyridine rings is 1. The number of amides is 1. The fraction of sp³-hybridized carbons (Fsp3) is 0.429. The molecule has 1 aromatic heterocycles. The highest BCUT2D eigenvalue weighted by atomic mass is 16.5. The van der Waals surface area contributed by atoms with Crippen molar-refractivity contribution in [1.29, 1.82) is 0 Å². The summed E-state index contributed by atoms with van der Waals surface area (Å²) in [5.74, 6) is 0.118. The normalized spacial score (nSPS) is 14.7. The number of aromatic nitrogens is 1. The van der Waals surface area contributed by atoms with Crippen molar-refractivity contribution in [2.45, 2.75) is 39.3 Å². The lowest BCUT2D eigenvalue weighted by Crippen LogP contribution is -2.32. The second-order valence-electron chi connectivity index (χ2n) is 7.08. The molecular weight excluding hydrogens is 342 g/mol. The maximum atomic E-state index is 12.6. The Hall–Kier alpha value is -2.60. The molecule has 1 fully saturated rings. The first kappa shape index (κ1) is 19.2. The Morgan fingerprint density at radius 1 is 1.19 bits per heavy atom. The summed E-state index contributed by atoms with van der Waals surface area (Å²) in [6.45, 7) is 4.83. The van der Waals surface area contributed by atoms with Crippen LogP contribution in [0.25, 0.3) is 0 Å². The molecule has 0 aliphatic carbocycles. The second-order valence-corrected chi connectivity index (χ2v) is 7.08. The number of anilines is 1. The monoisotopic (exact) mass is 369 g/mol. The molecule has 0 saturated carbocycles. The van der Waals surface area contributed by atoms with Crippen LogP contribution in [-0.4, -0.2) is 35.6 Å². The molecule has 1 aliphatic heterocycles. The van der Waals surface area contributed by atoms with E-state index in [2.05, 4.69) is 10.2 Å². The van der Waals surface area contributed by atoms with E-state index >= 15 is 0 Å². The molecule has 144 valence electrons. The molecule has 6 nitrogen and oxygen atoms in total. The minimum atomic E-state index is -0.153. The van der Waals surface area contributed by atoms with Crippen LogP contribution in [0.2, 0.25) is 0 Å². The van der Waals surface area contributed by atoms with E-state index in [0.29, 0.717) is 6.54 Å². The Kier molecular flexibility index (Phi) is 6.29. The van der Waals surface area contributed by atoms with Gasteiger partial charge in [0.2, 0.25) is 11.3 Å². The summed E-state index contributed by atoms with van der Waals surface area (Å²) in [6.07, 6.45) is 5.24. The SMILES string of the molecule is COc1cn(CC(=O)Nc2cccc(C)c2)c(CN2CCCCC2)cc1=O. The molecule has 6 heteroatoms. The molecule has 1 N–H and O–H groups in total. The van der Waals surface area contributed by atoms with E-state index < -0.39 is 0 Å². The van der Waals surface area contributed by atoms with Gasteiger partial charge in [-0.05, 0) is 50.6 Å². The molecule has 0 spiro atoms. The van der Waals surface area contributed by atoms with Crippen molar-refractivity contribution in [3.63, 3.8) is 0 Å². The molecule has 0 radical (unpaired) electrons. The Balaban J connectivity index is 1.78. The Morgan fingerprint density at radius 2 is 1.96 bits per heavy atom. The first-order chi connectivity index (χ1) is 13.0. The lowest BCUT2D eigenvalue weighted by atomic mass is 10.1. The smallest absolute Gasteiger partial charge is 0.244 e. The van der Waals surface area contributed by atoms with Gasteiger partial charge in [0.25, 0.3) is 0 Å². The molecule has 1 aromatic carbocycles. The van der Waals surface area contributed by atoms with Crippen molar-refractivity contribution in [3.8, 4) is 5.75 Å². The number of hydrogen-bond acceptors (Lipinski definition) is 4. The Morgan fingerprint density at radius 3 is 2.67 bits per heavy atom. The third kappa shape index (κ3) is 5.20. The average molecular weight is 369 g/mol. The van der Waals surface area contributed by atoms with Crippen LogP contribution in [-0.2, 0) is 17.9 Å². The van der Waals surface area contributed by atoms with Gasteiger partial charge in [0.15, 0.2) is 5.75 Å². The van der Waals surface area contributed by atoms with Crippen molar-refractivity contribution in [1.82, 2.24) is 9.47 Å². The lowest BCUT2D eigenvalue weighted by molar-refractivity contribution is -0.116. The van der Waals surface area contributed by atoms with Gasteiger partial charge >= 0.3 is 0 Å². The van der Waals surface area contributed by atoms with Crippen molar-refractivity contribution in [2.24, 2.45) is 0 Å². The van der Waals surface area contributed by atoms with Gasteiger partial charge in [-0.1, -0.05) is 18.6 Å². The van der Waals surface area contributed by atoms with Crippen LogP contribution in [0.5, 0.6) is 5.75 Å².